The van der Waals surface area contributed by atoms with E-state index < -0.39 is 0 Å². The van der Waals surface area contributed by atoms with Crippen molar-refractivity contribution in [3.63, 3.8) is 0 Å². The molecule has 0 bridgehead atoms. The lowest BCUT2D eigenvalue weighted by atomic mass is 9.85. The highest BCUT2D eigenvalue weighted by atomic mass is 16.1. The summed E-state index contributed by atoms with van der Waals surface area (Å²) < 4.78 is 5.39. The van der Waals surface area contributed by atoms with Crippen molar-refractivity contribution in [1.82, 2.24) is 34.4 Å². The highest BCUT2D eigenvalue weighted by Gasteiger charge is 2.27. The number of nitrogens with zero attached hydrogens (tertiary/aromatic N) is 6. The molecule has 1 aliphatic rings. The molecule has 184 valence electrons. The summed E-state index contributed by atoms with van der Waals surface area (Å²) in [6.07, 6.45) is 4.51. The molecule has 9 heteroatoms. The Labute approximate surface area is 205 Å². The molecule has 4 heterocycles. The average Bonchev–Trinajstić information content (AvgIpc) is 3.36. The van der Waals surface area contributed by atoms with Crippen LogP contribution in [0.1, 0.15) is 65.6 Å². The first-order valence-electron chi connectivity index (χ1n) is 12.2. The van der Waals surface area contributed by atoms with E-state index in [1.807, 2.05) is 30.8 Å². The SMILES string of the molecule is CC(C)n1c(=O)c2cnc(Nc3ccc4c(c3)CCNC4(C)C)nc2n1-c1ccn(C(C)(C)C)n1. The first-order chi connectivity index (χ1) is 16.5. The predicted octanol–water partition coefficient (Wildman–Crippen LogP) is 4.24. The maximum Gasteiger partial charge on any atom is 0.278 e. The Morgan fingerprint density at radius 3 is 2.63 bits per heavy atom. The first kappa shape index (κ1) is 23.3. The fourth-order valence-corrected chi connectivity index (χ4v) is 4.77. The van der Waals surface area contributed by atoms with Crippen LogP contribution in [0.4, 0.5) is 11.6 Å². The second-order valence-electron chi connectivity index (χ2n) is 11.1. The van der Waals surface area contributed by atoms with Crippen molar-refractivity contribution in [3.8, 4) is 5.82 Å². The van der Waals surface area contributed by atoms with Crippen molar-refractivity contribution in [2.45, 2.75) is 72.0 Å². The molecule has 0 radical (unpaired) electrons. The number of aromatic nitrogens is 6. The predicted molar refractivity (Wildman–Crippen MR) is 139 cm³/mol. The number of rotatable bonds is 4. The number of hydrogen-bond donors (Lipinski definition) is 2. The molecule has 2 N–H and O–H groups in total. The summed E-state index contributed by atoms with van der Waals surface area (Å²) in [4.78, 5) is 22.5. The molecule has 0 amide bonds. The Balaban J connectivity index is 1.59. The van der Waals surface area contributed by atoms with Crippen molar-refractivity contribution >= 4 is 22.7 Å². The molecule has 9 nitrogen and oxygen atoms in total. The van der Waals surface area contributed by atoms with Crippen LogP contribution in [-0.2, 0) is 17.5 Å². The molecule has 5 rings (SSSR count). The zero-order chi connectivity index (χ0) is 25.1. The van der Waals surface area contributed by atoms with Gasteiger partial charge in [-0.05, 0) is 84.7 Å². The summed E-state index contributed by atoms with van der Waals surface area (Å²) in [7, 11) is 0. The Hall–Kier alpha value is -3.46. The molecular weight excluding hydrogens is 440 g/mol. The van der Waals surface area contributed by atoms with Crippen molar-refractivity contribution in [1.29, 1.82) is 0 Å². The van der Waals surface area contributed by atoms with Crippen LogP contribution in [0.5, 0.6) is 0 Å². The molecule has 1 aromatic carbocycles. The maximum absolute atomic E-state index is 13.3. The maximum atomic E-state index is 13.3. The van der Waals surface area contributed by atoms with E-state index in [0.29, 0.717) is 22.8 Å². The molecule has 0 atom stereocenters. The van der Waals surface area contributed by atoms with Gasteiger partial charge in [-0.15, -0.1) is 0 Å². The minimum Gasteiger partial charge on any atom is -0.324 e. The van der Waals surface area contributed by atoms with Gasteiger partial charge in [-0.1, -0.05) is 6.07 Å². The fourth-order valence-electron chi connectivity index (χ4n) is 4.77. The molecule has 3 aromatic heterocycles. The summed E-state index contributed by atoms with van der Waals surface area (Å²) in [6, 6.07) is 8.22. The monoisotopic (exact) mass is 474 g/mol. The Bertz CT molecular complexity index is 1470. The standard InChI is InChI=1S/C26H34N8O/c1-16(2)33-23(35)19-15-27-24(29-18-8-9-20-17(14-18)10-12-28-26(20,6)7)30-22(19)34(33)21-11-13-32(31-21)25(3,4)5/h8-9,11,13-16,28H,10,12H2,1-7H3,(H,27,29,30). The van der Waals surface area contributed by atoms with Gasteiger partial charge in [0.15, 0.2) is 11.5 Å². The van der Waals surface area contributed by atoms with E-state index in [1.54, 1.807) is 15.6 Å². The highest BCUT2D eigenvalue weighted by molar-refractivity contribution is 5.77. The fraction of sp³-hybridized carbons (Fsp3) is 0.462. The van der Waals surface area contributed by atoms with E-state index in [9.17, 15) is 4.79 Å². The number of benzene rings is 1. The first-order valence-corrected chi connectivity index (χ1v) is 12.2. The van der Waals surface area contributed by atoms with Crippen LogP contribution in [0.2, 0.25) is 0 Å². The van der Waals surface area contributed by atoms with Crippen molar-refractivity contribution < 1.29 is 0 Å². The van der Waals surface area contributed by atoms with E-state index in [4.69, 9.17) is 10.1 Å². The molecule has 35 heavy (non-hydrogen) atoms. The Morgan fingerprint density at radius 1 is 1.17 bits per heavy atom. The molecular formula is C26H34N8O. The summed E-state index contributed by atoms with van der Waals surface area (Å²) in [5, 5.41) is 12.1. The third-order valence-electron chi connectivity index (χ3n) is 6.59. The van der Waals surface area contributed by atoms with E-state index in [2.05, 4.69) is 68.4 Å². The highest BCUT2D eigenvalue weighted by Crippen LogP contribution is 2.30. The molecule has 0 fully saturated rings. The van der Waals surface area contributed by atoms with Crippen molar-refractivity contribution in [2.75, 3.05) is 11.9 Å². The normalized spacial score (nSPS) is 15.5. The van der Waals surface area contributed by atoms with E-state index in [-0.39, 0.29) is 22.7 Å². The van der Waals surface area contributed by atoms with Gasteiger partial charge < -0.3 is 10.6 Å². The van der Waals surface area contributed by atoms with Gasteiger partial charge in [-0.25, -0.2) is 14.3 Å². The minimum atomic E-state index is -0.178. The van der Waals surface area contributed by atoms with Gasteiger partial charge in [0, 0.05) is 35.7 Å². The van der Waals surface area contributed by atoms with Crippen LogP contribution in [0.3, 0.4) is 0 Å². The van der Waals surface area contributed by atoms with Crippen LogP contribution in [-0.4, -0.2) is 35.7 Å². The quantitative estimate of drug-likeness (QED) is 0.459. The van der Waals surface area contributed by atoms with Gasteiger partial charge >= 0.3 is 0 Å². The van der Waals surface area contributed by atoms with E-state index in [0.717, 1.165) is 18.7 Å². The number of hydrogen-bond acceptors (Lipinski definition) is 6. The van der Waals surface area contributed by atoms with Gasteiger partial charge in [0.2, 0.25) is 5.95 Å². The van der Waals surface area contributed by atoms with Gasteiger partial charge in [0.1, 0.15) is 5.39 Å². The topological polar surface area (TPSA) is 94.6 Å². The molecule has 0 saturated carbocycles. The van der Waals surface area contributed by atoms with Gasteiger partial charge in [0.05, 0.1) is 5.54 Å². The van der Waals surface area contributed by atoms with Crippen molar-refractivity contribution in [2.24, 2.45) is 0 Å². The van der Waals surface area contributed by atoms with Crippen molar-refractivity contribution in [3.05, 3.63) is 58.1 Å². The van der Waals surface area contributed by atoms with Gasteiger partial charge in [-0.2, -0.15) is 10.1 Å². The van der Waals surface area contributed by atoms with E-state index in [1.165, 1.54) is 11.1 Å². The number of anilines is 2. The lowest BCUT2D eigenvalue weighted by Gasteiger charge is -2.34. The van der Waals surface area contributed by atoms with Gasteiger partial charge in [0.25, 0.3) is 5.56 Å². The average molecular weight is 475 g/mol. The van der Waals surface area contributed by atoms with Crippen LogP contribution in [0, 0.1) is 0 Å². The molecule has 4 aromatic rings. The Morgan fingerprint density at radius 2 is 1.94 bits per heavy atom. The number of fused-ring (bicyclic) bond motifs is 2. The summed E-state index contributed by atoms with van der Waals surface area (Å²) in [5.41, 5.74) is 3.73. The lowest BCUT2D eigenvalue weighted by Crippen LogP contribution is -2.42. The smallest absolute Gasteiger partial charge is 0.278 e. The second kappa shape index (κ2) is 8.05. The molecule has 0 unspecified atom stereocenters. The van der Waals surface area contributed by atoms with Crippen LogP contribution in [0.25, 0.3) is 16.9 Å². The molecule has 0 spiro atoms. The van der Waals surface area contributed by atoms with Gasteiger partial charge in [-0.3, -0.25) is 9.48 Å². The lowest BCUT2D eigenvalue weighted by molar-refractivity contribution is 0.352. The minimum absolute atomic E-state index is 0.0478. The molecule has 0 saturated heterocycles. The summed E-state index contributed by atoms with van der Waals surface area (Å²) in [5.74, 6) is 1.09. The Kier molecular flexibility index (Phi) is 5.36. The van der Waals surface area contributed by atoms with Crippen LogP contribution in [0.15, 0.2) is 41.5 Å². The second-order valence-corrected chi connectivity index (χ2v) is 11.1. The molecule has 0 aliphatic carbocycles. The summed E-state index contributed by atoms with van der Waals surface area (Å²) >= 11 is 0. The third-order valence-corrected chi connectivity index (χ3v) is 6.59. The zero-order valence-corrected chi connectivity index (χ0v) is 21.5. The third kappa shape index (κ3) is 4.03. The summed E-state index contributed by atoms with van der Waals surface area (Å²) in [6.45, 7) is 15.6. The largest absolute Gasteiger partial charge is 0.324 e. The van der Waals surface area contributed by atoms with E-state index >= 15 is 0 Å². The van der Waals surface area contributed by atoms with Crippen LogP contribution < -0.4 is 16.2 Å². The zero-order valence-electron chi connectivity index (χ0n) is 21.5. The number of nitrogens with one attached hydrogen (secondary N) is 2. The van der Waals surface area contributed by atoms with Crippen LogP contribution >= 0.6 is 0 Å². The molecule has 1 aliphatic heterocycles.